The molecule has 146 valence electrons. The lowest BCUT2D eigenvalue weighted by Gasteiger charge is -2.20. The summed E-state index contributed by atoms with van der Waals surface area (Å²) in [4.78, 5) is 23.7. The number of amides is 1. The number of benzene rings is 1. The number of nitrogens with one attached hydrogen (secondary N) is 1. The molecule has 1 aliphatic carbocycles. The highest BCUT2D eigenvalue weighted by atomic mass is 35.5. The molecule has 2 aliphatic rings. The number of hydrogen-bond acceptors (Lipinski definition) is 5. The Balaban J connectivity index is 1.48. The Labute approximate surface area is 178 Å². The van der Waals surface area contributed by atoms with Gasteiger partial charge in [-0.05, 0) is 55.3 Å². The van der Waals surface area contributed by atoms with E-state index in [0.717, 1.165) is 41.3 Å². The van der Waals surface area contributed by atoms with Gasteiger partial charge in [0.2, 0.25) is 5.91 Å². The van der Waals surface area contributed by atoms with Gasteiger partial charge in [-0.25, -0.2) is 4.99 Å². The van der Waals surface area contributed by atoms with Crippen LogP contribution in [0.4, 0.5) is 5.69 Å². The van der Waals surface area contributed by atoms with Gasteiger partial charge in [-0.2, -0.15) is 0 Å². The fraction of sp³-hybridized carbons (Fsp3) is 0.381. The molecule has 0 bridgehead atoms. The van der Waals surface area contributed by atoms with Gasteiger partial charge >= 0.3 is 0 Å². The molecule has 1 aliphatic heterocycles. The van der Waals surface area contributed by atoms with Crippen molar-refractivity contribution in [2.24, 2.45) is 9.98 Å². The molecule has 1 aromatic carbocycles. The van der Waals surface area contributed by atoms with Crippen LogP contribution in [0.2, 0.25) is 5.02 Å². The molecular weight excluding hydrogens is 410 g/mol. The number of thioether (sulfide) groups is 1. The Morgan fingerprint density at radius 2 is 1.96 bits per heavy atom. The van der Waals surface area contributed by atoms with Gasteiger partial charge in [-0.15, -0.1) is 11.3 Å². The molecule has 1 spiro atoms. The minimum Gasteiger partial charge on any atom is -0.325 e. The summed E-state index contributed by atoms with van der Waals surface area (Å²) in [5, 5.41) is 6.46. The van der Waals surface area contributed by atoms with E-state index < -0.39 is 0 Å². The second-order valence-corrected chi connectivity index (χ2v) is 9.45. The number of aliphatic imine (C=N–C) groups is 2. The Hall–Kier alpha value is -1.63. The molecule has 1 amide bonds. The molecule has 2 heterocycles. The molecular formula is C21H22ClN3OS2. The third-order valence-corrected chi connectivity index (χ3v) is 7.02. The topological polar surface area (TPSA) is 53.8 Å². The zero-order valence-corrected chi connectivity index (χ0v) is 17.9. The Kier molecular flexibility index (Phi) is 6.19. The van der Waals surface area contributed by atoms with Crippen LogP contribution in [0.15, 0.2) is 51.8 Å². The molecule has 4 nitrogen and oxygen atoms in total. The Morgan fingerprint density at radius 3 is 2.68 bits per heavy atom. The van der Waals surface area contributed by atoms with E-state index in [0.29, 0.717) is 16.5 Å². The highest BCUT2D eigenvalue weighted by molar-refractivity contribution is 8.16. The minimum absolute atomic E-state index is 0.0673. The van der Waals surface area contributed by atoms with Gasteiger partial charge in [0.25, 0.3) is 0 Å². The van der Waals surface area contributed by atoms with Crippen LogP contribution in [0.25, 0.3) is 0 Å². The molecule has 1 saturated carbocycles. The maximum absolute atomic E-state index is 12.4. The van der Waals surface area contributed by atoms with E-state index in [9.17, 15) is 4.79 Å². The predicted octanol–water partition coefficient (Wildman–Crippen LogP) is 6.03. The molecule has 0 atom stereocenters. The number of halogens is 1. The van der Waals surface area contributed by atoms with Crippen LogP contribution in [0, 0.1) is 0 Å². The van der Waals surface area contributed by atoms with Crippen LogP contribution in [0.5, 0.6) is 0 Å². The van der Waals surface area contributed by atoms with Gasteiger partial charge < -0.3 is 5.32 Å². The first-order chi connectivity index (χ1) is 13.6. The number of carbonyl (C=O) groups is 1. The van der Waals surface area contributed by atoms with E-state index in [1.54, 1.807) is 23.5 Å². The summed E-state index contributed by atoms with van der Waals surface area (Å²) in [6, 6.07) is 11.3. The van der Waals surface area contributed by atoms with Crippen LogP contribution in [-0.4, -0.2) is 28.1 Å². The maximum Gasteiger partial charge on any atom is 0.234 e. The molecule has 0 unspecified atom stereocenters. The normalized spacial score (nSPS) is 18.5. The summed E-state index contributed by atoms with van der Waals surface area (Å²) < 4.78 is 0. The third-order valence-electron chi connectivity index (χ3n) is 4.94. The number of rotatable bonds is 4. The average Bonchev–Trinajstić information content (AvgIpc) is 3.25. The van der Waals surface area contributed by atoms with E-state index in [1.807, 2.05) is 18.2 Å². The standard InChI is InChI=1S/C21H22ClN3OS2/c22-15-7-5-8-16(13-15)23-18(26)14-28-20-19(17-9-6-12-27-17)24-21(25-20)10-3-1-2-4-11-21/h5-9,12-13H,1-4,10-11,14H2,(H,23,26). The smallest absolute Gasteiger partial charge is 0.234 e. The van der Waals surface area contributed by atoms with Crippen molar-refractivity contribution < 1.29 is 4.79 Å². The second kappa shape index (κ2) is 8.80. The fourth-order valence-corrected chi connectivity index (χ4v) is 5.45. The van der Waals surface area contributed by atoms with Crippen molar-refractivity contribution in [1.82, 2.24) is 0 Å². The van der Waals surface area contributed by atoms with Crippen molar-refractivity contribution in [2.45, 2.75) is 44.2 Å². The van der Waals surface area contributed by atoms with Gasteiger partial charge in [0, 0.05) is 10.7 Å². The van der Waals surface area contributed by atoms with E-state index in [1.165, 1.54) is 24.6 Å². The van der Waals surface area contributed by atoms with Crippen LogP contribution in [0.1, 0.15) is 43.4 Å². The van der Waals surface area contributed by atoms with Crippen molar-refractivity contribution in [1.29, 1.82) is 0 Å². The third kappa shape index (κ3) is 4.67. The largest absolute Gasteiger partial charge is 0.325 e. The molecule has 7 heteroatoms. The number of carbonyl (C=O) groups excluding carboxylic acids is 1. The Bertz CT molecular complexity index is 900. The summed E-state index contributed by atoms with van der Waals surface area (Å²) in [7, 11) is 0. The monoisotopic (exact) mass is 431 g/mol. The van der Waals surface area contributed by atoms with Gasteiger partial charge in [0.1, 0.15) is 10.8 Å². The van der Waals surface area contributed by atoms with E-state index in [-0.39, 0.29) is 11.6 Å². The molecule has 28 heavy (non-hydrogen) atoms. The molecule has 1 fully saturated rings. The van der Waals surface area contributed by atoms with E-state index in [4.69, 9.17) is 21.6 Å². The zero-order chi connectivity index (χ0) is 19.4. The van der Waals surface area contributed by atoms with E-state index >= 15 is 0 Å². The van der Waals surface area contributed by atoms with Gasteiger partial charge in [0.15, 0.2) is 5.66 Å². The first-order valence-electron chi connectivity index (χ1n) is 9.56. The summed E-state index contributed by atoms with van der Waals surface area (Å²) >= 11 is 9.14. The highest BCUT2D eigenvalue weighted by Crippen LogP contribution is 2.38. The van der Waals surface area contributed by atoms with Crippen molar-refractivity contribution in [3.63, 3.8) is 0 Å². The van der Waals surface area contributed by atoms with Crippen molar-refractivity contribution in [2.75, 3.05) is 11.1 Å². The lowest BCUT2D eigenvalue weighted by Crippen LogP contribution is -2.20. The summed E-state index contributed by atoms with van der Waals surface area (Å²) in [5.74, 6) is 0.230. The number of thiophene rings is 1. The molecule has 1 aromatic heterocycles. The minimum atomic E-state index is -0.318. The summed E-state index contributed by atoms with van der Waals surface area (Å²) in [6.45, 7) is 0. The molecule has 4 rings (SSSR count). The lowest BCUT2D eigenvalue weighted by atomic mass is 10.0. The molecule has 0 saturated heterocycles. The molecule has 2 aromatic rings. The fourth-order valence-electron chi connectivity index (χ4n) is 3.61. The predicted molar refractivity (Wildman–Crippen MR) is 121 cm³/mol. The van der Waals surface area contributed by atoms with Gasteiger partial charge in [-0.3, -0.25) is 9.79 Å². The number of nitrogens with zero attached hydrogens (tertiary/aromatic N) is 2. The van der Waals surface area contributed by atoms with Crippen molar-refractivity contribution in [3.05, 3.63) is 51.7 Å². The van der Waals surface area contributed by atoms with Gasteiger partial charge in [0.05, 0.1) is 10.6 Å². The maximum atomic E-state index is 12.4. The highest BCUT2D eigenvalue weighted by Gasteiger charge is 2.37. The van der Waals surface area contributed by atoms with Crippen LogP contribution < -0.4 is 5.32 Å². The van der Waals surface area contributed by atoms with Crippen LogP contribution in [-0.2, 0) is 4.79 Å². The first kappa shape index (κ1) is 19.7. The zero-order valence-electron chi connectivity index (χ0n) is 15.5. The number of anilines is 1. The molecule has 1 N–H and O–H groups in total. The van der Waals surface area contributed by atoms with E-state index in [2.05, 4.69) is 16.8 Å². The van der Waals surface area contributed by atoms with Gasteiger partial charge in [-0.1, -0.05) is 48.3 Å². The van der Waals surface area contributed by atoms with Crippen molar-refractivity contribution >= 4 is 57.0 Å². The number of hydrogen-bond donors (Lipinski definition) is 1. The molecule has 0 radical (unpaired) electrons. The van der Waals surface area contributed by atoms with Crippen LogP contribution in [0.3, 0.4) is 0 Å². The quantitative estimate of drug-likeness (QED) is 0.642. The summed E-state index contributed by atoms with van der Waals surface area (Å²) in [5.41, 5.74) is 1.35. The summed E-state index contributed by atoms with van der Waals surface area (Å²) in [6.07, 6.45) is 6.84. The lowest BCUT2D eigenvalue weighted by molar-refractivity contribution is -0.113. The first-order valence-corrected chi connectivity index (χ1v) is 11.8. The second-order valence-electron chi connectivity index (χ2n) is 7.10. The van der Waals surface area contributed by atoms with Crippen molar-refractivity contribution in [3.8, 4) is 0 Å². The van der Waals surface area contributed by atoms with Crippen LogP contribution >= 0.6 is 34.7 Å². The SMILES string of the molecule is O=C(CSC1=NC2(CCCCCC2)N=C1c1cccs1)Nc1cccc(Cl)c1. The Morgan fingerprint density at radius 1 is 1.14 bits per heavy atom. The average molecular weight is 432 g/mol.